The van der Waals surface area contributed by atoms with Crippen LogP contribution in [0.25, 0.3) is 0 Å². The standard InChI is InChI=1S/C27H46O3/c1-3-5-6-7-20-8-10-21(11-9-20)22-12-14-23(15-13-22)24-16-17-25(26(28)19-24)27(29)30-18-4-2/h20-25H,3-19H2,1-2H3/t20-,21-,22?,23?,24?,25?. The molecule has 0 aromatic rings. The van der Waals surface area contributed by atoms with Crippen LogP contribution >= 0.6 is 0 Å². The molecule has 0 aromatic carbocycles. The van der Waals surface area contributed by atoms with Crippen LogP contribution in [-0.2, 0) is 14.3 Å². The van der Waals surface area contributed by atoms with Gasteiger partial charge in [-0.25, -0.2) is 0 Å². The van der Waals surface area contributed by atoms with Gasteiger partial charge in [0.15, 0.2) is 0 Å². The van der Waals surface area contributed by atoms with Gasteiger partial charge in [0.2, 0.25) is 0 Å². The maximum atomic E-state index is 12.6. The lowest BCUT2D eigenvalue weighted by molar-refractivity contribution is -0.154. The molecule has 0 amide bonds. The van der Waals surface area contributed by atoms with Crippen LogP contribution in [0.4, 0.5) is 0 Å². The van der Waals surface area contributed by atoms with Gasteiger partial charge in [0.1, 0.15) is 11.7 Å². The summed E-state index contributed by atoms with van der Waals surface area (Å²) in [5, 5.41) is 0. The second-order valence-electron chi connectivity index (χ2n) is 10.7. The van der Waals surface area contributed by atoms with E-state index < -0.39 is 5.92 Å². The molecule has 2 unspecified atom stereocenters. The summed E-state index contributed by atoms with van der Waals surface area (Å²) >= 11 is 0. The first-order valence-electron chi connectivity index (χ1n) is 13.3. The van der Waals surface area contributed by atoms with Crippen molar-refractivity contribution in [3.8, 4) is 0 Å². The molecule has 0 aromatic heterocycles. The number of rotatable bonds is 9. The Hall–Kier alpha value is -0.860. The minimum atomic E-state index is -0.475. The Morgan fingerprint density at radius 1 is 0.767 bits per heavy atom. The van der Waals surface area contributed by atoms with Crippen LogP contribution in [0.1, 0.15) is 117 Å². The van der Waals surface area contributed by atoms with Crippen molar-refractivity contribution in [2.75, 3.05) is 6.61 Å². The second-order valence-corrected chi connectivity index (χ2v) is 10.7. The van der Waals surface area contributed by atoms with Crippen LogP contribution in [-0.4, -0.2) is 18.4 Å². The van der Waals surface area contributed by atoms with Crippen molar-refractivity contribution in [3.63, 3.8) is 0 Å². The quantitative estimate of drug-likeness (QED) is 0.227. The number of carbonyl (C=O) groups excluding carboxylic acids is 2. The van der Waals surface area contributed by atoms with E-state index >= 15 is 0 Å². The third kappa shape index (κ3) is 6.57. The summed E-state index contributed by atoms with van der Waals surface area (Å²) in [6.07, 6.45) is 20.1. The summed E-state index contributed by atoms with van der Waals surface area (Å²) in [7, 11) is 0. The summed E-state index contributed by atoms with van der Waals surface area (Å²) in [5.41, 5.74) is 0. The van der Waals surface area contributed by atoms with Gasteiger partial charge in [-0.05, 0) is 87.4 Å². The molecule has 30 heavy (non-hydrogen) atoms. The maximum Gasteiger partial charge on any atom is 0.316 e. The molecule has 0 heterocycles. The third-order valence-corrected chi connectivity index (χ3v) is 8.67. The molecule has 3 aliphatic rings. The SMILES string of the molecule is CCCCC[C@H]1CC[C@H](C2CCC(C3CCC(C(=O)OCCC)C(=O)C3)CC2)CC1. The van der Waals surface area contributed by atoms with Gasteiger partial charge in [0.25, 0.3) is 0 Å². The normalized spacial score (nSPS) is 35.2. The largest absolute Gasteiger partial charge is 0.465 e. The molecular formula is C27H46O3. The van der Waals surface area contributed by atoms with Gasteiger partial charge in [-0.15, -0.1) is 0 Å². The molecule has 0 radical (unpaired) electrons. The monoisotopic (exact) mass is 418 g/mol. The Labute approximate surface area is 185 Å². The lowest BCUT2D eigenvalue weighted by Gasteiger charge is -2.41. The molecule has 0 N–H and O–H groups in total. The van der Waals surface area contributed by atoms with Gasteiger partial charge in [0.05, 0.1) is 6.61 Å². The Kier molecular flexibility index (Phi) is 9.71. The van der Waals surface area contributed by atoms with Crippen molar-refractivity contribution in [1.29, 1.82) is 0 Å². The molecule has 3 heteroatoms. The first-order chi connectivity index (χ1) is 14.6. The van der Waals surface area contributed by atoms with Crippen molar-refractivity contribution in [3.05, 3.63) is 0 Å². The van der Waals surface area contributed by atoms with Gasteiger partial charge < -0.3 is 4.74 Å². The molecule has 0 bridgehead atoms. The van der Waals surface area contributed by atoms with E-state index in [1.54, 1.807) is 0 Å². The predicted molar refractivity (Wildman–Crippen MR) is 122 cm³/mol. The molecule has 0 spiro atoms. The molecule has 3 saturated carbocycles. The molecule has 3 fully saturated rings. The smallest absolute Gasteiger partial charge is 0.316 e. The lowest BCUT2D eigenvalue weighted by atomic mass is 9.64. The molecule has 3 aliphatic carbocycles. The number of unbranched alkanes of at least 4 members (excludes halogenated alkanes) is 2. The summed E-state index contributed by atoms with van der Waals surface area (Å²) in [6.45, 7) is 4.73. The van der Waals surface area contributed by atoms with E-state index in [4.69, 9.17) is 4.74 Å². The van der Waals surface area contributed by atoms with E-state index in [9.17, 15) is 9.59 Å². The summed E-state index contributed by atoms with van der Waals surface area (Å²) in [6, 6.07) is 0. The van der Waals surface area contributed by atoms with E-state index in [0.29, 0.717) is 31.3 Å². The highest BCUT2D eigenvalue weighted by molar-refractivity contribution is 5.99. The lowest BCUT2D eigenvalue weighted by Crippen LogP contribution is -2.36. The molecule has 2 atom stereocenters. The summed E-state index contributed by atoms with van der Waals surface area (Å²) < 4.78 is 5.24. The highest BCUT2D eigenvalue weighted by atomic mass is 16.5. The summed E-state index contributed by atoms with van der Waals surface area (Å²) in [4.78, 5) is 24.7. The third-order valence-electron chi connectivity index (χ3n) is 8.67. The zero-order valence-corrected chi connectivity index (χ0v) is 19.7. The van der Waals surface area contributed by atoms with Crippen LogP contribution in [0.5, 0.6) is 0 Å². The first-order valence-corrected chi connectivity index (χ1v) is 13.3. The molecular weight excluding hydrogens is 372 g/mol. The Balaban J connectivity index is 1.36. The predicted octanol–water partition coefficient (Wildman–Crippen LogP) is 7.12. The number of Topliss-reactive ketones (excluding diaryl/α,β-unsaturated/α-hetero) is 1. The van der Waals surface area contributed by atoms with Gasteiger partial charge in [-0.1, -0.05) is 52.4 Å². The zero-order valence-electron chi connectivity index (χ0n) is 19.7. The Morgan fingerprint density at radius 3 is 1.90 bits per heavy atom. The van der Waals surface area contributed by atoms with Gasteiger partial charge >= 0.3 is 5.97 Å². The Bertz CT molecular complexity index is 526. The first kappa shape index (κ1) is 23.8. The average molecular weight is 419 g/mol. The summed E-state index contributed by atoms with van der Waals surface area (Å²) in [5.74, 6) is 3.55. The number of ketones is 1. The topological polar surface area (TPSA) is 43.4 Å². The zero-order chi connectivity index (χ0) is 21.3. The number of hydrogen-bond donors (Lipinski definition) is 0. The van der Waals surface area contributed by atoms with Crippen molar-refractivity contribution in [2.45, 2.75) is 117 Å². The molecule has 172 valence electrons. The van der Waals surface area contributed by atoms with Crippen molar-refractivity contribution < 1.29 is 14.3 Å². The number of esters is 1. The number of ether oxygens (including phenoxy) is 1. The van der Waals surface area contributed by atoms with Crippen molar-refractivity contribution >= 4 is 11.8 Å². The van der Waals surface area contributed by atoms with Crippen LogP contribution in [0.15, 0.2) is 0 Å². The fourth-order valence-electron chi connectivity index (χ4n) is 6.72. The van der Waals surface area contributed by atoms with Gasteiger partial charge in [-0.2, -0.15) is 0 Å². The molecule has 3 rings (SSSR count). The van der Waals surface area contributed by atoms with E-state index in [2.05, 4.69) is 6.92 Å². The molecule has 0 saturated heterocycles. The fourth-order valence-corrected chi connectivity index (χ4v) is 6.72. The minimum absolute atomic E-state index is 0.149. The van der Waals surface area contributed by atoms with Gasteiger partial charge in [-0.3, -0.25) is 9.59 Å². The number of hydrogen-bond acceptors (Lipinski definition) is 3. The Morgan fingerprint density at radius 2 is 1.33 bits per heavy atom. The van der Waals surface area contributed by atoms with E-state index in [1.165, 1.54) is 77.0 Å². The highest BCUT2D eigenvalue weighted by Crippen LogP contribution is 2.46. The van der Waals surface area contributed by atoms with Gasteiger partial charge in [0, 0.05) is 6.42 Å². The molecule has 0 aliphatic heterocycles. The second kappa shape index (κ2) is 12.2. The van der Waals surface area contributed by atoms with Crippen LogP contribution < -0.4 is 0 Å². The van der Waals surface area contributed by atoms with Crippen LogP contribution in [0.3, 0.4) is 0 Å². The molecule has 3 nitrogen and oxygen atoms in total. The fraction of sp³-hybridized carbons (Fsp3) is 0.926. The minimum Gasteiger partial charge on any atom is -0.465 e. The van der Waals surface area contributed by atoms with Crippen LogP contribution in [0.2, 0.25) is 0 Å². The van der Waals surface area contributed by atoms with E-state index in [0.717, 1.165) is 30.6 Å². The maximum absolute atomic E-state index is 12.6. The van der Waals surface area contributed by atoms with Crippen LogP contribution in [0, 0.1) is 35.5 Å². The van der Waals surface area contributed by atoms with E-state index in [-0.39, 0.29) is 11.8 Å². The highest BCUT2D eigenvalue weighted by Gasteiger charge is 2.39. The van der Waals surface area contributed by atoms with Crippen molar-refractivity contribution in [2.24, 2.45) is 35.5 Å². The average Bonchev–Trinajstić information content (AvgIpc) is 2.78. The number of carbonyl (C=O) groups is 2. The van der Waals surface area contributed by atoms with E-state index in [1.807, 2.05) is 6.92 Å². The van der Waals surface area contributed by atoms with Crippen molar-refractivity contribution in [1.82, 2.24) is 0 Å².